The fourth-order valence-corrected chi connectivity index (χ4v) is 1.82. The van der Waals surface area contributed by atoms with Crippen molar-refractivity contribution in [1.82, 2.24) is 15.1 Å². The highest BCUT2D eigenvalue weighted by Crippen LogP contribution is 2.10. The van der Waals surface area contributed by atoms with Crippen LogP contribution in [0.4, 0.5) is 8.78 Å². The van der Waals surface area contributed by atoms with Crippen molar-refractivity contribution in [2.24, 2.45) is 7.05 Å². The Kier molecular flexibility index (Phi) is 3.72. The highest BCUT2D eigenvalue weighted by Gasteiger charge is 2.05. The van der Waals surface area contributed by atoms with Gasteiger partial charge in [-0.25, -0.2) is 8.78 Å². The summed E-state index contributed by atoms with van der Waals surface area (Å²) in [6, 6.07) is 3.61. The zero-order valence-electron chi connectivity index (χ0n) is 10.4. The Bertz CT molecular complexity index is 549. The van der Waals surface area contributed by atoms with Gasteiger partial charge in [0.25, 0.3) is 0 Å². The SMILES string of the molecule is Cc1nn(C)cc1CNCc1ccc(F)cc1F. The number of hydrogen-bond donors (Lipinski definition) is 1. The summed E-state index contributed by atoms with van der Waals surface area (Å²) in [5.41, 5.74) is 2.47. The third-order valence-electron chi connectivity index (χ3n) is 2.76. The maximum atomic E-state index is 13.4. The maximum absolute atomic E-state index is 13.4. The van der Waals surface area contributed by atoms with E-state index in [0.717, 1.165) is 17.3 Å². The van der Waals surface area contributed by atoms with Gasteiger partial charge in [0.05, 0.1) is 5.69 Å². The number of nitrogens with zero attached hydrogens (tertiary/aromatic N) is 2. The van der Waals surface area contributed by atoms with Gasteiger partial charge in [0, 0.05) is 43.5 Å². The van der Waals surface area contributed by atoms with Crippen molar-refractivity contribution >= 4 is 0 Å². The zero-order chi connectivity index (χ0) is 13.1. The molecule has 0 bridgehead atoms. The molecule has 0 aliphatic rings. The van der Waals surface area contributed by atoms with Crippen LogP contribution in [0.1, 0.15) is 16.8 Å². The molecule has 0 spiro atoms. The minimum atomic E-state index is -0.556. The molecule has 0 aliphatic heterocycles. The largest absolute Gasteiger partial charge is 0.308 e. The molecule has 1 heterocycles. The summed E-state index contributed by atoms with van der Waals surface area (Å²) in [6.45, 7) is 2.90. The Morgan fingerprint density at radius 3 is 2.56 bits per heavy atom. The first-order valence-electron chi connectivity index (χ1n) is 5.70. The molecule has 3 nitrogen and oxygen atoms in total. The van der Waals surface area contributed by atoms with Crippen molar-refractivity contribution in [3.8, 4) is 0 Å². The van der Waals surface area contributed by atoms with Crippen molar-refractivity contribution in [2.45, 2.75) is 20.0 Å². The van der Waals surface area contributed by atoms with Gasteiger partial charge in [-0.2, -0.15) is 5.10 Å². The van der Waals surface area contributed by atoms with Crippen LogP contribution in [0.5, 0.6) is 0 Å². The van der Waals surface area contributed by atoms with Crippen molar-refractivity contribution in [3.63, 3.8) is 0 Å². The minimum absolute atomic E-state index is 0.362. The standard InChI is InChI=1S/C13H15F2N3/c1-9-11(8-18(2)17-9)7-16-6-10-3-4-12(14)5-13(10)15/h3-5,8,16H,6-7H2,1-2H3. The summed E-state index contributed by atoms with van der Waals surface area (Å²) in [5.74, 6) is -1.08. The van der Waals surface area contributed by atoms with Crippen LogP contribution in [0.2, 0.25) is 0 Å². The highest BCUT2D eigenvalue weighted by molar-refractivity contribution is 5.19. The van der Waals surface area contributed by atoms with E-state index in [9.17, 15) is 8.78 Å². The summed E-state index contributed by atoms with van der Waals surface area (Å²) in [5, 5.41) is 7.34. The number of rotatable bonds is 4. The first-order chi connectivity index (χ1) is 8.56. The Hall–Kier alpha value is -1.75. The van der Waals surface area contributed by atoms with E-state index >= 15 is 0 Å². The van der Waals surface area contributed by atoms with E-state index < -0.39 is 11.6 Å². The fourth-order valence-electron chi connectivity index (χ4n) is 1.82. The highest BCUT2D eigenvalue weighted by atomic mass is 19.1. The van der Waals surface area contributed by atoms with Gasteiger partial charge in [-0.3, -0.25) is 4.68 Å². The average molecular weight is 251 g/mol. The number of nitrogens with one attached hydrogen (secondary N) is 1. The van der Waals surface area contributed by atoms with Gasteiger partial charge in [-0.15, -0.1) is 0 Å². The number of aromatic nitrogens is 2. The number of hydrogen-bond acceptors (Lipinski definition) is 2. The van der Waals surface area contributed by atoms with Crippen molar-refractivity contribution in [1.29, 1.82) is 0 Å². The van der Waals surface area contributed by atoms with Crippen LogP contribution < -0.4 is 5.32 Å². The maximum Gasteiger partial charge on any atom is 0.130 e. The quantitative estimate of drug-likeness (QED) is 0.903. The Morgan fingerprint density at radius 1 is 1.22 bits per heavy atom. The number of benzene rings is 1. The lowest BCUT2D eigenvalue weighted by atomic mass is 10.2. The predicted molar refractivity (Wildman–Crippen MR) is 64.8 cm³/mol. The van der Waals surface area contributed by atoms with E-state index in [1.54, 1.807) is 4.68 Å². The summed E-state index contributed by atoms with van der Waals surface area (Å²) in [7, 11) is 1.86. The van der Waals surface area contributed by atoms with E-state index in [4.69, 9.17) is 0 Å². The monoisotopic (exact) mass is 251 g/mol. The van der Waals surface area contributed by atoms with Crippen molar-refractivity contribution < 1.29 is 8.78 Å². The topological polar surface area (TPSA) is 29.9 Å². The van der Waals surface area contributed by atoms with E-state index in [2.05, 4.69) is 10.4 Å². The molecule has 96 valence electrons. The Balaban J connectivity index is 1.94. The van der Waals surface area contributed by atoms with E-state index in [-0.39, 0.29) is 0 Å². The van der Waals surface area contributed by atoms with Crippen molar-refractivity contribution in [2.75, 3.05) is 0 Å². The summed E-state index contributed by atoms with van der Waals surface area (Å²) >= 11 is 0. The van der Waals surface area contributed by atoms with E-state index in [1.165, 1.54) is 12.1 Å². The van der Waals surface area contributed by atoms with Gasteiger partial charge in [-0.05, 0) is 13.0 Å². The van der Waals surface area contributed by atoms with Gasteiger partial charge in [0.1, 0.15) is 11.6 Å². The smallest absolute Gasteiger partial charge is 0.130 e. The molecular formula is C13H15F2N3. The van der Waals surface area contributed by atoms with Gasteiger partial charge >= 0.3 is 0 Å². The second-order valence-corrected chi connectivity index (χ2v) is 4.25. The second kappa shape index (κ2) is 5.27. The lowest BCUT2D eigenvalue weighted by molar-refractivity contribution is 0.560. The molecule has 0 atom stereocenters. The summed E-state index contributed by atoms with van der Waals surface area (Å²) in [4.78, 5) is 0. The van der Waals surface area contributed by atoms with Crippen LogP contribution in [0.25, 0.3) is 0 Å². The third-order valence-corrected chi connectivity index (χ3v) is 2.76. The number of aryl methyl sites for hydroxylation is 2. The summed E-state index contributed by atoms with van der Waals surface area (Å²) < 4.78 is 27.8. The van der Waals surface area contributed by atoms with Crippen LogP contribution in [-0.4, -0.2) is 9.78 Å². The fraction of sp³-hybridized carbons (Fsp3) is 0.308. The van der Waals surface area contributed by atoms with Crippen LogP contribution in [0.15, 0.2) is 24.4 Å². The summed E-state index contributed by atoms with van der Waals surface area (Å²) in [6.07, 6.45) is 1.92. The first kappa shape index (κ1) is 12.7. The lowest BCUT2D eigenvalue weighted by Gasteiger charge is -2.05. The van der Waals surface area contributed by atoms with Gasteiger partial charge in [-0.1, -0.05) is 6.07 Å². The molecule has 1 aromatic carbocycles. The molecule has 0 radical (unpaired) electrons. The van der Waals surface area contributed by atoms with Crippen LogP contribution >= 0.6 is 0 Å². The lowest BCUT2D eigenvalue weighted by Crippen LogP contribution is -2.14. The molecule has 18 heavy (non-hydrogen) atoms. The molecule has 2 aromatic rings. The molecule has 1 aromatic heterocycles. The molecule has 0 unspecified atom stereocenters. The molecule has 1 N–H and O–H groups in total. The first-order valence-corrected chi connectivity index (χ1v) is 5.70. The van der Waals surface area contributed by atoms with Gasteiger partial charge in [0.2, 0.25) is 0 Å². The number of halogens is 2. The molecule has 0 aliphatic carbocycles. The third kappa shape index (κ3) is 2.92. The molecule has 5 heteroatoms. The van der Waals surface area contributed by atoms with Gasteiger partial charge < -0.3 is 5.32 Å². The molecule has 0 fully saturated rings. The predicted octanol–water partition coefficient (Wildman–Crippen LogP) is 2.30. The Morgan fingerprint density at radius 2 is 1.94 bits per heavy atom. The van der Waals surface area contributed by atoms with Gasteiger partial charge in [0.15, 0.2) is 0 Å². The molecule has 2 rings (SSSR count). The zero-order valence-corrected chi connectivity index (χ0v) is 10.4. The van der Waals surface area contributed by atoms with Crippen molar-refractivity contribution in [3.05, 3.63) is 52.9 Å². The Labute approximate surface area is 104 Å². The van der Waals surface area contributed by atoms with E-state index in [0.29, 0.717) is 18.7 Å². The normalized spacial score (nSPS) is 10.9. The molecule has 0 amide bonds. The minimum Gasteiger partial charge on any atom is -0.308 e. The van der Waals surface area contributed by atoms with Crippen LogP contribution in [-0.2, 0) is 20.1 Å². The van der Waals surface area contributed by atoms with E-state index in [1.807, 2.05) is 20.2 Å². The second-order valence-electron chi connectivity index (χ2n) is 4.25. The molecule has 0 saturated carbocycles. The molecule has 0 saturated heterocycles. The van der Waals surface area contributed by atoms with Crippen LogP contribution in [0.3, 0.4) is 0 Å². The van der Waals surface area contributed by atoms with Crippen LogP contribution in [0, 0.1) is 18.6 Å². The molecular weight excluding hydrogens is 236 g/mol. The average Bonchev–Trinajstić information content (AvgIpc) is 2.61.